The summed E-state index contributed by atoms with van der Waals surface area (Å²) in [4.78, 5) is 3.18. The first-order chi connectivity index (χ1) is 9.10. The Hall–Kier alpha value is -2.18. The SMILES string of the molecule is COc1c(OC(F)(F)F)cnc(CC#N)c1C(F)(F)F. The molecular weight excluding hydrogens is 294 g/mol. The van der Waals surface area contributed by atoms with E-state index in [0.29, 0.717) is 6.20 Å². The fourth-order valence-corrected chi connectivity index (χ4v) is 1.42. The number of pyridine rings is 1. The lowest BCUT2D eigenvalue weighted by Crippen LogP contribution is -2.20. The van der Waals surface area contributed by atoms with Gasteiger partial charge in [0.05, 0.1) is 31.5 Å². The van der Waals surface area contributed by atoms with Crippen LogP contribution < -0.4 is 9.47 Å². The third kappa shape index (κ3) is 3.66. The quantitative estimate of drug-likeness (QED) is 0.805. The number of aromatic nitrogens is 1. The lowest BCUT2D eigenvalue weighted by molar-refractivity contribution is -0.275. The lowest BCUT2D eigenvalue weighted by atomic mass is 10.1. The summed E-state index contributed by atoms with van der Waals surface area (Å²) in [5.41, 5.74) is -2.31. The first-order valence-corrected chi connectivity index (χ1v) is 4.86. The second-order valence-electron chi connectivity index (χ2n) is 3.36. The predicted octanol–water partition coefficient (Wildman–Crippen LogP) is 3.07. The molecule has 0 aliphatic rings. The third-order valence-corrected chi connectivity index (χ3v) is 2.04. The van der Waals surface area contributed by atoms with E-state index in [4.69, 9.17) is 5.26 Å². The molecule has 20 heavy (non-hydrogen) atoms. The van der Waals surface area contributed by atoms with Crippen molar-refractivity contribution in [3.63, 3.8) is 0 Å². The van der Waals surface area contributed by atoms with E-state index in [1.807, 2.05) is 0 Å². The maximum Gasteiger partial charge on any atom is 0.573 e. The van der Waals surface area contributed by atoms with Crippen molar-refractivity contribution in [2.75, 3.05) is 7.11 Å². The second-order valence-corrected chi connectivity index (χ2v) is 3.36. The number of ether oxygens (including phenoxy) is 2. The Morgan fingerprint density at radius 1 is 1.25 bits per heavy atom. The van der Waals surface area contributed by atoms with Crippen LogP contribution >= 0.6 is 0 Å². The maximum absolute atomic E-state index is 12.9. The van der Waals surface area contributed by atoms with Gasteiger partial charge in [0, 0.05) is 0 Å². The summed E-state index contributed by atoms with van der Waals surface area (Å²) in [7, 11) is 0.754. The van der Waals surface area contributed by atoms with E-state index in [1.54, 1.807) is 0 Å². The predicted molar refractivity (Wildman–Crippen MR) is 51.8 cm³/mol. The lowest BCUT2D eigenvalue weighted by Gasteiger charge is -2.18. The Balaban J connectivity index is 3.49. The van der Waals surface area contributed by atoms with Crippen LogP contribution in [0, 0.1) is 11.3 Å². The standard InChI is InChI=1S/C10H6F6N2O2/c1-19-8-6(20-10(14,15)16)4-18-5(2-3-17)7(8)9(11,12)13/h4H,2H2,1H3. The topological polar surface area (TPSA) is 55.1 Å². The molecule has 110 valence electrons. The molecule has 0 atom stereocenters. The van der Waals surface area contributed by atoms with Crippen molar-refractivity contribution in [2.24, 2.45) is 0 Å². The highest BCUT2D eigenvalue weighted by Gasteiger charge is 2.41. The first-order valence-electron chi connectivity index (χ1n) is 4.86. The fraction of sp³-hybridized carbons (Fsp3) is 0.400. The van der Waals surface area contributed by atoms with E-state index in [9.17, 15) is 26.3 Å². The van der Waals surface area contributed by atoms with Crippen LogP contribution in [0.1, 0.15) is 11.3 Å². The van der Waals surface area contributed by atoms with Crippen LogP contribution in [0.5, 0.6) is 11.5 Å². The van der Waals surface area contributed by atoms with Gasteiger partial charge in [-0.15, -0.1) is 13.2 Å². The van der Waals surface area contributed by atoms with E-state index in [2.05, 4.69) is 14.5 Å². The minimum absolute atomic E-state index is 0.425. The van der Waals surface area contributed by atoms with Gasteiger partial charge in [-0.05, 0) is 0 Å². The van der Waals surface area contributed by atoms with Gasteiger partial charge in [-0.3, -0.25) is 4.98 Å². The van der Waals surface area contributed by atoms with E-state index >= 15 is 0 Å². The molecule has 0 amide bonds. The minimum Gasteiger partial charge on any atom is -0.492 e. The number of hydrogen-bond acceptors (Lipinski definition) is 4. The molecule has 1 heterocycles. The fourth-order valence-electron chi connectivity index (χ4n) is 1.42. The van der Waals surface area contributed by atoms with Gasteiger partial charge in [0.15, 0.2) is 11.5 Å². The van der Waals surface area contributed by atoms with Crippen molar-refractivity contribution in [1.82, 2.24) is 4.98 Å². The third-order valence-electron chi connectivity index (χ3n) is 2.04. The first kappa shape index (κ1) is 15.9. The molecule has 0 spiro atoms. The van der Waals surface area contributed by atoms with Crippen molar-refractivity contribution in [3.8, 4) is 17.6 Å². The van der Waals surface area contributed by atoms with Gasteiger partial charge in [0.2, 0.25) is 0 Å². The molecule has 10 heteroatoms. The molecule has 0 saturated carbocycles. The summed E-state index contributed by atoms with van der Waals surface area (Å²) in [6.45, 7) is 0. The smallest absolute Gasteiger partial charge is 0.492 e. The van der Waals surface area contributed by atoms with Gasteiger partial charge in [0.1, 0.15) is 5.56 Å². The summed E-state index contributed by atoms with van der Waals surface area (Å²) in [6.07, 6.45) is -10.6. The Labute approximate surface area is 108 Å². The summed E-state index contributed by atoms with van der Waals surface area (Å²) in [5, 5.41) is 8.42. The van der Waals surface area contributed by atoms with Gasteiger partial charge in [0.25, 0.3) is 0 Å². The largest absolute Gasteiger partial charge is 0.573 e. The zero-order valence-electron chi connectivity index (χ0n) is 9.76. The van der Waals surface area contributed by atoms with Crippen LogP contribution in [0.2, 0.25) is 0 Å². The van der Waals surface area contributed by atoms with Crippen molar-refractivity contribution in [3.05, 3.63) is 17.5 Å². The Kier molecular flexibility index (Phi) is 4.32. The van der Waals surface area contributed by atoms with Crippen LogP contribution in [0.15, 0.2) is 6.20 Å². The molecule has 0 bridgehead atoms. The summed E-state index contributed by atoms with van der Waals surface area (Å²) in [5.74, 6) is -2.40. The summed E-state index contributed by atoms with van der Waals surface area (Å²) < 4.78 is 82.6. The van der Waals surface area contributed by atoms with Crippen molar-refractivity contribution >= 4 is 0 Å². The molecule has 0 aliphatic carbocycles. The number of alkyl halides is 6. The van der Waals surface area contributed by atoms with Crippen LogP contribution in [0.4, 0.5) is 26.3 Å². The molecule has 4 nitrogen and oxygen atoms in total. The monoisotopic (exact) mass is 300 g/mol. The maximum atomic E-state index is 12.9. The zero-order valence-corrected chi connectivity index (χ0v) is 9.76. The molecule has 0 radical (unpaired) electrons. The average molecular weight is 300 g/mol. The zero-order chi connectivity index (χ0) is 15.6. The number of hydrogen-bond donors (Lipinski definition) is 0. The minimum atomic E-state index is -5.20. The Bertz CT molecular complexity index is 532. The molecule has 0 N–H and O–H groups in total. The van der Waals surface area contributed by atoms with E-state index in [-0.39, 0.29) is 0 Å². The van der Waals surface area contributed by atoms with Crippen molar-refractivity contribution in [2.45, 2.75) is 19.0 Å². The number of halogens is 6. The van der Waals surface area contributed by atoms with Gasteiger partial charge in [-0.2, -0.15) is 18.4 Å². The highest BCUT2D eigenvalue weighted by molar-refractivity contribution is 5.49. The molecule has 1 aromatic rings. The van der Waals surface area contributed by atoms with Gasteiger partial charge in [-0.1, -0.05) is 0 Å². The van der Waals surface area contributed by atoms with Crippen LogP contribution in [-0.4, -0.2) is 18.5 Å². The van der Waals surface area contributed by atoms with Crippen molar-refractivity contribution in [1.29, 1.82) is 5.26 Å². The molecule has 1 aromatic heterocycles. The molecule has 0 aliphatic heterocycles. The summed E-state index contributed by atoms with van der Waals surface area (Å²) >= 11 is 0. The molecule has 0 aromatic carbocycles. The highest BCUT2D eigenvalue weighted by Crippen LogP contribution is 2.44. The number of rotatable bonds is 3. The van der Waals surface area contributed by atoms with Crippen LogP contribution in [0.25, 0.3) is 0 Å². The van der Waals surface area contributed by atoms with E-state index in [0.717, 1.165) is 7.11 Å². The Morgan fingerprint density at radius 3 is 2.25 bits per heavy atom. The number of nitrogens with zero attached hydrogens (tertiary/aromatic N) is 2. The second kappa shape index (κ2) is 5.44. The Morgan fingerprint density at radius 2 is 1.85 bits per heavy atom. The summed E-state index contributed by atoms with van der Waals surface area (Å²) in [6, 6.07) is 1.43. The molecule has 0 fully saturated rings. The molecular formula is C10H6F6N2O2. The number of methoxy groups -OCH3 is 1. The van der Waals surface area contributed by atoms with Gasteiger partial charge < -0.3 is 9.47 Å². The molecule has 1 rings (SSSR count). The molecule has 0 saturated heterocycles. The van der Waals surface area contributed by atoms with Crippen LogP contribution in [-0.2, 0) is 12.6 Å². The van der Waals surface area contributed by atoms with Crippen molar-refractivity contribution < 1.29 is 35.8 Å². The van der Waals surface area contributed by atoms with Gasteiger partial charge in [-0.25, -0.2) is 0 Å². The number of nitriles is 1. The highest BCUT2D eigenvalue weighted by atomic mass is 19.4. The normalized spacial score (nSPS) is 11.9. The van der Waals surface area contributed by atoms with E-state index in [1.165, 1.54) is 6.07 Å². The van der Waals surface area contributed by atoms with Crippen LogP contribution in [0.3, 0.4) is 0 Å². The van der Waals surface area contributed by atoms with E-state index < -0.39 is 41.7 Å². The van der Waals surface area contributed by atoms with Gasteiger partial charge >= 0.3 is 12.5 Å². The molecule has 0 unspecified atom stereocenters. The average Bonchev–Trinajstić information content (AvgIpc) is 2.27.